The van der Waals surface area contributed by atoms with E-state index in [2.05, 4.69) is 17.2 Å². The average molecular weight is 313 g/mol. The Morgan fingerprint density at radius 2 is 2.29 bits per heavy atom. The van der Waals surface area contributed by atoms with E-state index in [4.69, 9.17) is 15.2 Å². The van der Waals surface area contributed by atoms with Crippen LogP contribution in [0.4, 0.5) is 10.7 Å². The number of nitrogens with two attached hydrogens (primary N) is 1. The minimum Gasteiger partial charge on any atom is -0.492 e. The van der Waals surface area contributed by atoms with Crippen molar-refractivity contribution in [2.75, 3.05) is 44.5 Å². The second-order valence-corrected chi connectivity index (χ2v) is 5.20. The number of nitrogen functional groups attached to an aromatic ring is 1. The number of thiophene rings is 1. The molecule has 0 radical (unpaired) electrons. The molecule has 0 saturated heterocycles. The Kier molecular flexibility index (Phi) is 7.63. The Hall–Kier alpha value is -1.73. The average Bonchev–Trinajstić information content (AvgIpc) is 2.80. The Bertz CT molecular complexity index is 474. The van der Waals surface area contributed by atoms with Gasteiger partial charge in [-0.25, -0.2) is 0 Å². The largest absolute Gasteiger partial charge is 0.492 e. The van der Waals surface area contributed by atoms with Crippen LogP contribution in [0.15, 0.2) is 12.7 Å². The van der Waals surface area contributed by atoms with Gasteiger partial charge in [-0.2, -0.15) is 0 Å². The second-order valence-electron chi connectivity index (χ2n) is 4.18. The molecule has 1 heterocycles. The van der Waals surface area contributed by atoms with Gasteiger partial charge in [-0.05, 0) is 13.3 Å². The first-order chi connectivity index (χ1) is 10.2. The molecule has 118 valence electrons. The fourth-order valence-corrected chi connectivity index (χ4v) is 2.71. The summed E-state index contributed by atoms with van der Waals surface area (Å²) in [6.45, 7) is 8.05. The normalized spacial score (nSPS) is 10.2. The Labute approximate surface area is 129 Å². The van der Waals surface area contributed by atoms with Gasteiger partial charge in [-0.15, -0.1) is 17.9 Å². The Balaban J connectivity index is 2.70. The number of amides is 1. The third kappa shape index (κ3) is 4.95. The highest BCUT2D eigenvalue weighted by Crippen LogP contribution is 2.42. The van der Waals surface area contributed by atoms with Gasteiger partial charge < -0.3 is 25.8 Å². The second kappa shape index (κ2) is 9.25. The smallest absolute Gasteiger partial charge is 0.263 e. The molecule has 0 aliphatic carbocycles. The number of rotatable bonds is 10. The Morgan fingerprint density at radius 3 is 2.90 bits per heavy atom. The van der Waals surface area contributed by atoms with E-state index >= 15 is 0 Å². The molecular formula is C14H23N3O3S. The van der Waals surface area contributed by atoms with Gasteiger partial charge in [0, 0.05) is 26.3 Å². The van der Waals surface area contributed by atoms with Crippen molar-refractivity contribution < 1.29 is 14.3 Å². The molecule has 1 amide bonds. The first kappa shape index (κ1) is 17.3. The van der Waals surface area contributed by atoms with Gasteiger partial charge in [-0.3, -0.25) is 4.79 Å². The van der Waals surface area contributed by atoms with E-state index in [1.807, 2.05) is 6.92 Å². The van der Waals surface area contributed by atoms with Crippen molar-refractivity contribution in [1.29, 1.82) is 0 Å². The van der Waals surface area contributed by atoms with E-state index in [1.54, 1.807) is 6.08 Å². The fourth-order valence-electron chi connectivity index (χ4n) is 1.68. The topological polar surface area (TPSA) is 85.6 Å². The molecule has 4 N–H and O–H groups in total. The third-order valence-corrected chi connectivity index (χ3v) is 3.82. The van der Waals surface area contributed by atoms with Crippen LogP contribution in [0.2, 0.25) is 0 Å². The number of nitrogens with one attached hydrogen (secondary N) is 2. The predicted octanol–water partition coefficient (Wildman–Crippen LogP) is 2.09. The highest BCUT2D eigenvalue weighted by molar-refractivity contribution is 7.19. The van der Waals surface area contributed by atoms with Gasteiger partial charge in [0.15, 0.2) is 5.75 Å². The highest BCUT2D eigenvalue weighted by atomic mass is 32.1. The molecule has 1 aromatic heterocycles. The number of carbonyl (C=O) groups excluding carboxylic acids is 1. The summed E-state index contributed by atoms with van der Waals surface area (Å²) in [6, 6.07) is 0. The van der Waals surface area contributed by atoms with Crippen molar-refractivity contribution in [3.63, 3.8) is 0 Å². The van der Waals surface area contributed by atoms with Crippen LogP contribution in [-0.2, 0) is 4.74 Å². The lowest BCUT2D eigenvalue weighted by Gasteiger charge is -2.06. The molecule has 0 fully saturated rings. The van der Waals surface area contributed by atoms with Gasteiger partial charge in [0.05, 0.1) is 7.11 Å². The zero-order chi connectivity index (χ0) is 15.7. The van der Waals surface area contributed by atoms with Crippen molar-refractivity contribution in [2.45, 2.75) is 13.3 Å². The summed E-state index contributed by atoms with van der Waals surface area (Å²) in [5.74, 6) is 0.290. The maximum atomic E-state index is 12.0. The van der Waals surface area contributed by atoms with Crippen LogP contribution in [0.3, 0.4) is 0 Å². The zero-order valence-corrected chi connectivity index (χ0v) is 13.3. The van der Waals surface area contributed by atoms with Gasteiger partial charge in [0.25, 0.3) is 5.91 Å². The molecule has 0 bridgehead atoms. The van der Waals surface area contributed by atoms with Gasteiger partial charge in [0.2, 0.25) is 0 Å². The lowest BCUT2D eigenvalue weighted by Crippen LogP contribution is -2.23. The van der Waals surface area contributed by atoms with E-state index in [-0.39, 0.29) is 5.91 Å². The molecule has 1 rings (SSSR count). The maximum absolute atomic E-state index is 12.0. The van der Waals surface area contributed by atoms with Gasteiger partial charge >= 0.3 is 0 Å². The predicted molar refractivity (Wildman–Crippen MR) is 87.4 cm³/mol. The van der Waals surface area contributed by atoms with Gasteiger partial charge in [0.1, 0.15) is 15.6 Å². The monoisotopic (exact) mass is 313 g/mol. The molecule has 0 unspecified atom stereocenters. The van der Waals surface area contributed by atoms with Crippen molar-refractivity contribution in [1.82, 2.24) is 5.32 Å². The standard InChI is InChI=1S/C14H23N3O3S/c1-4-7-16-13(18)12-10(15)11(19-3)14(21-12)17-8-6-9-20-5-2/h4,17H,1,5-9,15H2,2-3H3,(H,16,18). The lowest BCUT2D eigenvalue weighted by atomic mass is 10.3. The van der Waals surface area contributed by atoms with Crippen LogP contribution in [-0.4, -0.2) is 39.3 Å². The molecular weight excluding hydrogens is 290 g/mol. The van der Waals surface area contributed by atoms with E-state index in [9.17, 15) is 4.79 Å². The molecule has 0 aromatic carbocycles. The highest BCUT2D eigenvalue weighted by Gasteiger charge is 2.21. The molecule has 1 aromatic rings. The molecule has 21 heavy (non-hydrogen) atoms. The van der Waals surface area contributed by atoms with Crippen LogP contribution in [0, 0.1) is 0 Å². The fraction of sp³-hybridized carbons (Fsp3) is 0.500. The van der Waals surface area contributed by atoms with Crippen molar-refractivity contribution in [3.8, 4) is 5.75 Å². The minimum atomic E-state index is -0.224. The molecule has 0 saturated carbocycles. The first-order valence-corrected chi connectivity index (χ1v) is 7.64. The maximum Gasteiger partial charge on any atom is 0.263 e. The number of methoxy groups -OCH3 is 1. The van der Waals surface area contributed by atoms with E-state index in [1.165, 1.54) is 18.4 Å². The van der Waals surface area contributed by atoms with E-state index in [0.717, 1.165) is 18.0 Å². The number of carbonyl (C=O) groups is 1. The molecule has 0 aliphatic rings. The zero-order valence-electron chi connectivity index (χ0n) is 12.5. The van der Waals surface area contributed by atoms with Crippen molar-refractivity contribution in [3.05, 3.63) is 17.5 Å². The summed E-state index contributed by atoms with van der Waals surface area (Å²) in [6.07, 6.45) is 2.48. The van der Waals surface area contributed by atoms with Crippen molar-refractivity contribution >= 4 is 27.9 Å². The quantitative estimate of drug-likeness (QED) is 0.455. The summed E-state index contributed by atoms with van der Waals surface area (Å²) in [5, 5.41) is 6.70. The SMILES string of the molecule is C=CCNC(=O)c1sc(NCCCOCC)c(OC)c1N. The van der Waals surface area contributed by atoms with Crippen molar-refractivity contribution in [2.24, 2.45) is 0 Å². The summed E-state index contributed by atoms with van der Waals surface area (Å²) in [4.78, 5) is 12.4. The number of hydrogen-bond donors (Lipinski definition) is 3. The van der Waals surface area contributed by atoms with E-state index in [0.29, 0.717) is 36.1 Å². The van der Waals surface area contributed by atoms with Crippen LogP contribution < -0.4 is 21.1 Å². The number of anilines is 2. The van der Waals surface area contributed by atoms with Crippen LogP contribution >= 0.6 is 11.3 Å². The van der Waals surface area contributed by atoms with Crippen LogP contribution in [0.25, 0.3) is 0 Å². The van der Waals surface area contributed by atoms with Crippen LogP contribution in [0.1, 0.15) is 23.0 Å². The van der Waals surface area contributed by atoms with Gasteiger partial charge in [-0.1, -0.05) is 6.08 Å². The third-order valence-electron chi connectivity index (χ3n) is 2.67. The molecule has 0 aliphatic heterocycles. The molecule has 0 spiro atoms. The lowest BCUT2D eigenvalue weighted by molar-refractivity contribution is 0.0962. The minimum absolute atomic E-state index is 0.224. The summed E-state index contributed by atoms with van der Waals surface area (Å²) < 4.78 is 10.6. The summed E-state index contributed by atoms with van der Waals surface area (Å²) in [5.41, 5.74) is 6.33. The molecule has 7 heteroatoms. The Morgan fingerprint density at radius 1 is 1.52 bits per heavy atom. The summed E-state index contributed by atoms with van der Waals surface area (Å²) in [7, 11) is 1.54. The molecule has 0 atom stereocenters. The first-order valence-electron chi connectivity index (χ1n) is 6.82. The van der Waals surface area contributed by atoms with Crippen LogP contribution in [0.5, 0.6) is 5.75 Å². The number of ether oxygens (including phenoxy) is 2. The molecule has 6 nitrogen and oxygen atoms in total. The summed E-state index contributed by atoms with van der Waals surface area (Å²) >= 11 is 1.28. The number of hydrogen-bond acceptors (Lipinski definition) is 6. The van der Waals surface area contributed by atoms with E-state index < -0.39 is 0 Å².